The second-order valence-corrected chi connectivity index (χ2v) is 9.05. The van der Waals surface area contributed by atoms with E-state index in [0.29, 0.717) is 18.7 Å². The number of hydrogen-bond donors (Lipinski definition) is 1. The van der Waals surface area contributed by atoms with E-state index in [9.17, 15) is 9.90 Å². The zero-order valence-electron chi connectivity index (χ0n) is 18.8. The Balaban J connectivity index is 1.94. The molecule has 4 rings (SSSR count). The molecule has 0 saturated heterocycles. The van der Waals surface area contributed by atoms with Gasteiger partial charge in [0.25, 0.3) is 0 Å². The standard InChI is InChI=1S/C27H29NO3/c1-6-31-26(30)24-17(2)28(16-18-11-13-19(14-12-18)27(3,4)5)25-21-10-8-7-9-20(21)23(29)15-22(24)25/h7-15,29H,6,16H2,1-5H3. The van der Waals surface area contributed by atoms with Crippen LogP contribution >= 0.6 is 0 Å². The highest BCUT2D eigenvalue weighted by molar-refractivity contribution is 6.16. The molecule has 31 heavy (non-hydrogen) atoms. The Morgan fingerprint density at radius 1 is 1.00 bits per heavy atom. The van der Waals surface area contributed by atoms with Gasteiger partial charge in [-0.15, -0.1) is 0 Å². The summed E-state index contributed by atoms with van der Waals surface area (Å²) in [5.41, 5.74) is 4.83. The van der Waals surface area contributed by atoms with Gasteiger partial charge < -0.3 is 14.4 Å². The maximum Gasteiger partial charge on any atom is 0.340 e. The number of esters is 1. The fourth-order valence-corrected chi connectivity index (χ4v) is 4.27. The number of aromatic hydroxyl groups is 1. The molecule has 0 unspecified atom stereocenters. The van der Waals surface area contributed by atoms with Crippen LogP contribution in [-0.2, 0) is 16.7 Å². The third kappa shape index (κ3) is 3.67. The van der Waals surface area contributed by atoms with Gasteiger partial charge in [0.1, 0.15) is 5.75 Å². The third-order valence-electron chi connectivity index (χ3n) is 5.94. The molecule has 0 bridgehead atoms. The highest BCUT2D eigenvalue weighted by atomic mass is 16.5. The van der Waals surface area contributed by atoms with Crippen molar-refractivity contribution in [2.75, 3.05) is 6.61 Å². The van der Waals surface area contributed by atoms with Gasteiger partial charge in [-0.1, -0.05) is 69.3 Å². The molecule has 0 fully saturated rings. The van der Waals surface area contributed by atoms with Crippen molar-refractivity contribution in [3.8, 4) is 5.75 Å². The summed E-state index contributed by atoms with van der Waals surface area (Å²) in [7, 11) is 0. The molecule has 4 aromatic rings. The smallest absolute Gasteiger partial charge is 0.340 e. The average molecular weight is 416 g/mol. The molecular formula is C27H29NO3. The minimum atomic E-state index is -0.360. The largest absolute Gasteiger partial charge is 0.507 e. The maximum atomic E-state index is 12.8. The number of aromatic nitrogens is 1. The van der Waals surface area contributed by atoms with Crippen molar-refractivity contribution >= 4 is 27.6 Å². The summed E-state index contributed by atoms with van der Waals surface area (Å²) in [6.07, 6.45) is 0. The molecule has 1 aromatic heterocycles. The van der Waals surface area contributed by atoms with Gasteiger partial charge in [0.2, 0.25) is 0 Å². The first-order chi connectivity index (χ1) is 14.7. The predicted octanol–water partition coefficient (Wildman–Crippen LogP) is 6.33. The van der Waals surface area contributed by atoms with Gasteiger partial charge in [-0.2, -0.15) is 0 Å². The number of benzene rings is 3. The van der Waals surface area contributed by atoms with Crippen molar-refractivity contribution in [1.82, 2.24) is 4.57 Å². The van der Waals surface area contributed by atoms with E-state index in [-0.39, 0.29) is 17.1 Å². The topological polar surface area (TPSA) is 51.5 Å². The van der Waals surface area contributed by atoms with Crippen LogP contribution in [0.5, 0.6) is 5.75 Å². The molecule has 0 radical (unpaired) electrons. The third-order valence-corrected chi connectivity index (χ3v) is 5.94. The van der Waals surface area contributed by atoms with Gasteiger partial charge in [0, 0.05) is 28.4 Å². The molecule has 0 aliphatic carbocycles. The van der Waals surface area contributed by atoms with E-state index in [2.05, 4.69) is 49.6 Å². The first kappa shape index (κ1) is 21.0. The fraction of sp³-hybridized carbons (Fsp3) is 0.296. The lowest BCUT2D eigenvalue weighted by molar-refractivity contribution is 0.0527. The SMILES string of the molecule is CCOC(=O)c1c(C)n(Cc2ccc(C(C)(C)C)cc2)c2c1cc(O)c1ccccc12. The Morgan fingerprint density at radius 3 is 2.26 bits per heavy atom. The fourth-order valence-electron chi connectivity index (χ4n) is 4.27. The lowest BCUT2D eigenvalue weighted by Crippen LogP contribution is -2.11. The number of nitrogens with zero attached hydrogens (tertiary/aromatic N) is 1. The van der Waals surface area contributed by atoms with Crippen LogP contribution in [0.25, 0.3) is 21.7 Å². The minimum absolute atomic E-state index is 0.0966. The quantitative estimate of drug-likeness (QED) is 0.396. The Bertz CT molecular complexity index is 1270. The summed E-state index contributed by atoms with van der Waals surface area (Å²) in [5, 5.41) is 13.1. The zero-order chi connectivity index (χ0) is 22.3. The summed E-state index contributed by atoms with van der Waals surface area (Å²) in [4.78, 5) is 12.8. The van der Waals surface area contributed by atoms with Gasteiger partial charge >= 0.3 is 5.97 Å². The molecule has 0 aliphatic heterocycles. The van der Waals surface area contributed by atoms with Crippen LogP contribution < -0.4 is 0 Å². The Hall–Kier alpha value is -3.27. The van der Waals surface area contributed by atoms with Gasteiger partial charge in [-0.25, -0.2) is 4.79 Å². The molecule has 3 aromatic carbocycles. The molecule has 1 heterocycles. The molecule has 0 aliphatic rings. The van der Waals surface area contributed by atoms with E-state index in [4.69, 9.17) is 4.74 Å². The molecule has 160 valence electrons. The normalized spacial score (nSPS) is 11.9. The second-order valence-electron chi connectivity index (χ2n) is 9.05. The van der Waals surface area contributed by atoms with E-state index in [0.717, 1.165) is 32.9 Å². The van der Waals surface area contributed by atoms with Crippen LogP contribution in [0.2, 0.25) is 0 Å². The lowest BCUT2D eigenvalue weighted by atomic mass is 9.87. The number of hydrogen-bond acceptors (Lipinski definition) is 3. The number of fused-ring (bicyclic) bond motifs is 3. The predicted molar refractivity (Wildman–Crippen MR) is 126 cm³/mol. The Kier molecular flexibility index (Phi) is 5.26. The molecule has 0 saturated carbocycles. The van der Waals surface area contributed by atoms with Crippen LogP contribution in [0.15, 0.2) is 54.6 Å². The van der Waals surface area contributed by atoms with Crippen molar-refractivity contribution in [2.45, 2.75) is 46.6 Å². The molecular weight excluding hydrogens is 386 g/mol. The van der Waals surface area contributed by atoms with Crippen molar-refractivity contribution < 1.29 is 14.6 Å². The van der Waals surface area contributed by atoms with Gasteiger partial charge in [-0.05, 0) is 36.5 Å². The van der Waals surface area contributed by atoms with Gasteiger partial charge in [0.05, 0.1) is 17.7 Å². The Labute approximate surface area is 183 Å². The molecule has 0 amide bonds. The van der Waals surface area contributed by atoms with Gasteiger partial charge in [-0.3, -0.25) is 0 Å². The second kappa shape index (κ2) is 7.77. The first-order valence-corrected chi connectivity index (χ1v) is 10.7. The summed E-state index contributed by atoms with van der Waals surface area (Å²) >= 11 is 0. The summed E-state index contributed by atoms with van der Waals surface area (Å²) in [6, 6.07) is 18.1. The average Bonchev–Trinajstić information content (AvgIpc) is 2.99. The summed E-state index contributed by atoms with van der Waals surface area (Å²) in [5.74, 6) is -0.193. The Morgan fingerprint density at radius 2 is 1.65 bits per heavy atom. The number of phenols is 1. The number of phenolic OH excluding ortho intramolecular Hbond substituents is 1. The molecule has 4 nitrogen and oxygen atoms in total. The molecule has 4 heteroatoms. The summed E-state index contributed by atoms with van der Waals surface area (Å²) < 4.78 is 7.51. The first-order valence-electron chi connectivity index (χ1n) is 10.7. The number of carbonyl (C=O) groups is 1. The van der Waals surface area contributed by atoms with E-state index >= 15 is 0 Å². The van der Waals surface area contributed by atoms with Crippen LogP contribution in [-0.4, -0.2) is 22.2 Å². The highest BCUT2D eigenvalue weighted by Gasteiger charge is 2.24. The van der Waals surface area contributed by atoms with E-state index in [1.54, 1.807) is 13.0 Å². The zero-order valence-corrected chi connectivity index (χ0v) is 18.8. The van der Waals surface area contributed by atoms with Crippen molar-refractivity contribution in [3.63, 3.8) is 0 Å². The highest BCUT2D eigenvalue weighted by Crippen LogP contribution is 2.38. The number of ether oxygens (including phenoxy) is 1. The van der Waals surface area contributed by atoms with Crippen molar-refractivity contribution in [1.29, 1.82) is 0 Å². The molecule has 0 spiro atoms. The monoisotopic (exact) mass is 415 g/mol. The van der Waals surface area contributed by atoms with Crippen molar-refractivity contribution in [2.24, 2.45) is 0 Å². The lowest BCUT2D eigenvalue weighted by Gasteiger charge is -2.19. The number of rotatable bonds is 4. The summed E-state index contributed by atoms with van der Waals surface area (Å²) in [6.45, 7) is 11.3. The van der Waals surface area contributed by atoms with E-state index in [1.165, 1.54) is 5.56 Å². The van der Waals surface area contributed by atoms with Crippen molar-refractivity contribution in [3.05, 3.63) is 77.0 Å². The number of carbonyl (C=O) groups excluding carboxylic acids is 1. The molecule has 0 atom stereocenters. The molecule has 1 N–H and O–H groups in total. The van der Waals surface area contributed by atoms with Crippen LogP contribution in [0.1, 0.15) is 54.9 Å². The van der Waals surface area contributed by atoms with E-state index < -0.39 is 0 Å². The van der Waals surface area contributed by atoms with Crippen LogP contribution in [0, 0.1) is 6.92 Å². The van der Waals surface area contributed by atoms with E-state index in [1.807, 2.05) is 31.2 Å². The van der Waals surface area contributed by atoms with Crippen LogP contribution in [0.4, 0.5) is 0 Å². The minimum Gasteiger partial charge on any atom is -0.507 e. The maximum absolute atomic E-state index is 12.8. The van der Waals surface area contributed by atoms with Crippen LogP contribution in [0.3, 0.4) is 0 Å². The van der Waals surface area contributed by atoms with Gasteiger partial charge in [0.15, 0.2) is 0 Å².